The van der Waals surface area contributed by atoms with Gasteiger partial charge in [0.25, 0.3) is 0 Å². The average Bonchev–Trinajstić information content (AvgIpc) is 3.26. The number of carbonyl (C=O) groups is 1. The maximum atomic E-state index is 12.2. The average molecular weight is 328 g/mol. The molecule has 120 valence electrons. The molecule has 3 heterocycles. The van der Waals surface area contributed by atoms with Gasteiger partial charge in [0.1, 0.15) is 0 Å². The number of aryl methyl sites for hydroxylation is 2. The van der Waals surface area contributed by atoms with E-state index in [4.69, 9.17) is 4.98 Å². The van der Waals surface area contributed by atoms with Crippen LogP contribution >= 0.6 is 11.3 Å². The molecule has 4 rings (SSSR count). The number of nitrogens with zero attached hydrogens (tertiary/aromatic N) is 3. The molecule has 6 heteroatoms. The molecule has 1 fully saturated rings. The summed E-state index contributed by atoms with van der Waals surface area (Å²) in [4.78, 5) is 25.0. The number of anilines is 2. The largest absolute Gasteiger partial charge is 0.363 e. The highest BCUT2D eigenvalue weighted by molar-refractivity contribution is 7.12. The van der Waals surface area contributed by atoms with E-state index in [0.717, 1.165) is 40.5 Å². The molecule has 1 atom stereocenters. The minimum absolute atomic E-state index is 0.0895. The van der Waals surface area contributed by atoms with E-state index >= 15 is 0 Å². The van der Waals surface area contributed by atoms with Gasteiger partial charge in [-0.2, -0.15) is 0 Å². The number of aromatic nitrogens is 2. The third-order valence-corrected chi connectivity index (χ3v) is 5.78. The Bertz CT molecular complexity index is 809. The second-order valence-corrected chi connectivity index (χ2v) is 7.74. The summed E-state index contributed by atoms with van der Waals surface area (Å²) in [6.07, 6.45) is 1.98. The van der Waals surface area contributed by atoms with Crippen LogP contribution < -0.4 is 10.2 Å². The molecule has 1 saturated carbocycles. The Morgan fingerprint density at radius 2 is 2.09 bits per heavy atom. The molecule has 0 aromatic carbocycles. The van der Waals surface area contributed by atoms with E-state index < -0.39 is 0 Å². The Hall–Kier alpha value is -1.95. The van der Waals surface area contributed by atoms with E-state index in [1.807, 2.05) is 13.8 Å². The van der Waals surface area contributed by atoms with Gasteiger partial charge < -0.3 is 10.2 Å². The molecular formula is C17H20N4OS. The van der Waals surface area contributed by atoms with Crippen LogP contribution in [0.25, 0.3) is 11.3 Å². The number of hydrogen-bond acceptors (Lipinski definition) is 5. The van der Waals surface area contributed by atoms with E-state index in [9.17, 15) is 4.79 Å². The maximum Gasteiger partial charge on any atom is 0.228 e. The molecule has 5 nitrogen and oxygen atoms in total. The van der Waals surface area contributed by atoms with E-state index in [1.165, 1.54) is 4.88 Å². The number of pyridine rings is 1. The van der Waals surface area contributed by atoms with Gasteiger partial charge >= 0.3 is 0 Å². The molecule has 0 radical (unpaired) electrons. The van der Waals surface area contributed by atoms with Crippen LogP contribution in [0.3, 0.4) is 0 Å². The van der Waals surface area contributed by atoms with Gasteiger partial charge in [0.05, 0.1) is 27.3 Å². The van der Waals surface area contributed by atoms with Crippen LogP contribution in [-0.4, -0.2) is 22.9 Å². The lowest BCUT2D eigenvalue weighted by Crippen LogP contribution is -2.28. The molecule has 1 unspecified atom stereocenters. The fraction of sp³-hybridized carbons (Fsp3) is 0.471. The predicted octanol–water partition coefficient (Wildman–Crippen LogP) is 3.68. The van der Waals surface area contributed by atoms with Crippen LogP contribution in [0.5, 0.6) is 0 Å². The quantitative estimate of drug-likeness (QED) is 0.913. The van der Waals surface area contributed by atoms with E-state index in [1.54, 1.807) is 11.3 Å². The number of carbonyl (C=O) groups excluding carboxylic acids is 1. The molecule has 2 aromatic rings. The standard InChI is InChI=1S/C17H20N4OS/c1-8-7-12-13-15(23-10(3)19-13)9(2)21(4)14(12)16(18-8)20-17(22)11-5-6-11/h7,9,11H,5-6H2,1-4H3,(H,18,20,22). The highest BCUT2D eigenvalue weighted by Gasteiger charge is 2.34. The lowest BCUT2D eigenvalue weighted by molar-refractivity contribution is -0.117. The molecule has 0 bridgehead atoms. The fourth-order valence-electron chi connectivity index (χ4n) is 3.14. The van der Waals surface area contributed by atoms with Crippen LogP contribution in [0, 0.1) is 19.8 Å². The third kappa shape index (κ3) is 2.32. The van der Waals surface area contributed by atoms with Gasteiger partial charge in [-0.1, -0.05) is 0 Å². The summed E-state index contributed by atoms with van der Waals surface area (Å²) in [6.45, 7) is 6.18. The molecular weight excluding hydrogens is 308 g/mol. The van der Waals surface area contributed by atoms with Crippen molar-refractivity contribution < 1.29 is 4.79 Å². The Kier molecular flexibility index (Phi) is 3.20. The van der Waals surface area contributed by atoms with Crippen molar-refractivity contribution in [3.8, 4) is 11.3 Å². The molecule has 1 amide bonds. The minimum atomic E-state index is 0.0895. The number of rotatable bonds is 2. The number of hydrogen-bond donors (Lipinski definition) is 1. The summed E-state index contributed by atoms with van der Waals surface area (Å²) in [5.74, 6) is 0.922. The van der Waals surface area contributed by atoms with Gasteiger partial charge in [0.2, 0.25) is 5.91 Å². The third-order valence-electron chi connectivity index (χ3n) is 4.64. The lowest BCUT2D eigenvalue weighted by Gasteiger charge is -2.34. The van der Waals surface area contributed by atoms with Crippen molar-refractivity contribution in [2.75, 3.05) is 17.3 Å². The molecule has 0 spiro atoms. The first-order valence-corrected chi connectivity index (χ1v) is 8.80. The second-order valence-electron chi connectivity index (χ2n) is 6.50. The lowest BCUT2D eigenvalue weighted by atomic mass is 9.99. The normalized spacial score (nSPS) is 19.3. The molecule has 2 aliphatic rings. The van der Waals surface area contributed by atoms with Crippen molar-refractivity contribution >= 4 is 28.7 Å². The van der Waals surface area contributed by atoms with Crippen molar-refractivity contribution in [1.29, 1.82) is 0 Å². The van der Waals surface area contributed by atoms with Crippen molar-refractivity contribution in [3.63, 3.8) is 0 Å². The zero-order chi connectivity index (χ0) is 16.3. The van der Waals surface area contributed by atoms with Gasteiger partial charge in [-0.3, -0.25) is 4.79 Å². The summed E-state index contributed by atoms with van der Waals surface area (Å²) in [6, 6.07) is 2.30. The van der Waals surface area contributed by atoms with E-state index in [2.05, 4.69) is 35.2 Å². The SMILES string of the molecule is Cc1cc2c(c(NC(=O)C3CC3)n1)N(C)C(C)c1sc(C)nc1-2. The highest BCUT2D eigenvalue weighted by Crippen LogP contribution is 2.48. The summed E-state index contributed by atoms with van der Waals surface area (Å²) < 4.78 is 0. The number of thiazole rings is 1. The zero-order valence-corrected chi connectivity index (χ0v) is 14.6. The monoisotopic (exact) mass is 328 g/mol. The van der Waals surface area contributed by atoms with Crippen molar-refractivity contribution in [3.05, 3.63) is 21.6 Å². The van der Waals surface area contributed by atoms with Crippen molar-refractivity contribution in [1.82, 2.24) is 9.97 Å². The molecule has 0 saturated heterocycles. The van der Waals surface area contributed by atoms with Gasteiger partial charge in [0, 0.05) is 24.2 Å². The van der Waals surface area contributed by atoms with E-state index in [0.29, 0.717) is 5.82 Å². The van der Waals surface area contributed by atoms with Gasteiger partial charge in [-0.15, -0.1) is 11.3 Å². The Labute approximate surface area is 139 Å². The topological polar surface area (TPSA) is 58.1 Å². The molecule has 1 aliphatic heterocycles. The van der Waals surface area contributed by atoms with Crippen LogP contribution in [0.1, 0.15) is 41.4 Å². The Balaban J connectivity index is 1.88. The molecule has 1 aliphatic carbocycles. The number of fused-ring (bicyclic) bond motifs is 3. The highest BCUT2D eigenvalue weighted by atomic mass is 32.1. The summed E-state index contributed by atoms with van der Waals surface area (Å²) >= 11 is 1.75. The summed E-state index contributed by atoms with van der Waals surface area (Å²) in [7, 11) is 2.06. The van der Waals surface area contributed by atoms with Gasteiger partial charge in [-0.25, -0.2) is 9.97 Å². The summed E-state index contributed by atoms with van der Waals surface area (Å²) in [5.41, 5.74) is 3.99. The van der Waals surface area contributed by atoms with Crippen LogP contribution in [-0.2, 0) is 4.79 Å². The van der Waals surface area contributed by atoms with Crippen LogP contribution in [0.2, 0.25) is 0 Å². The van der Waals surface area contributed by atoms with Crippen molar-refractivity contribution in [2.24, 2.45) is 5.92 Å². The minimum Gasteiger partial charge on any atom is -0.363 e. The fourth-order valence-corrected chi connectivity index (χ4v) is 4.18. The first-order chi connectivity index (χ1) is 11.0. The number of nitrogens with one attached hydrogen (secondary N) is 1. The Morgan fingerprint density at radius 3 is 2.78 bits per heavy atom. The maximum absolute atomic E-state index is 12.2. The molecule has 23 heavy (non-hydrogen) atoms. The van der Waals surface area contributed by atoms with Gasteiger partial charge in [-0.05, 0) is 39.7 Å². The smallest absolute Gasteiger partial charge is 0.228 e. The van der Waals surface area contributed by atoms with Gasteiger partial charge in [0.15, 0.2) is 5.82 Å². The van der Waals surface area contributed by atoms with Crippen LogP contribution in [0.4, 0.5) is 11.5 Å². The number of amides is 1. The molecule has 2 aromatic heterocycles. The van der Waals surface area contributed by atoms with E-state index in [-0.39, 0.29) is 17.9 Å². The zero-order valence-electron chi connectivity index (χ0n) is 13.8. The Morgan fingerprint density at radius 1 is 1.35 bits per heavy atom. The first kappa shape index (κ1) is 14.6. The first-order valence-electron chi connectivity index (χ1n) is 7.98. The molecule has 1 N–H and O–H groups in total. The van der Waals surface area contributed by atoms with Crippen molar-refractivity contribution in [2.45, 2.75) is 39.7 Å². The van der Waals surface area contributed by atoms with Crippen LogP contribution in [0.15, 0.2) is 6.07 Å². The predicted molar refractivity (Wildman–Crippen MR) is 93.0 cm³/mol. The second kappa shape index (κ2) is 5.03. The summed E-state index contributed by atoms with van der Waals surface area (Å²) in [5, 5.41) is 4.12.